The molecule has 2 aromatic heterocycles. The molecule has 1 N–H and O–H groups in total. The highest BCUT2D eigenvalue weighted by Gasteiger charge is 2.33. The molecule has 5 nitrogen and oxygen atoms in total. The van der Waals surface area contributed by atoms with Crippen molar-refractivity contribution in [1.82, 2.24) is 9.88 Å². The number of benzene rings is 1. The van der Waals surface area contributed by atoms with E-state index in [0.717, 1.165) is 59.3 Å². The normalized spacial score (nSPS) is 18.6. The first-order valence-electron chi connectivity index (χ1n) is 11.1. The molecule has 4 rings (SSSR count). The van der Waals surface area contributed by atoms with Crippen molar-refractivity contribution in [2.45, 2.75) is 25.7 Å². The summed E-state index contributed by atoms with van der Waals surface area (Å²) >= 11 is 8.11. The van der Waals surface area contributed by atoms with Crippen LogP contribution in [0.1, 0.15) is 29.7 Å². The largest absolute Gasteiger partial charge is 0.497 e. The third kappa shape index (κ3) is 5.86. The van der Waals surface area contributed by atoms with Gasteiger partial charge in [0.1, 0.15) is 5.75 Å². The summed E-state index contributed by atoms with van der Waals surface area (Å²) in [7, 11) is 1.64. The summed E-state index contributed by atoms with van der Waals surface area (Å²) in [6.07, 6.45) is 5.08. The zero-order chi connectivity index (χ0) is 23.2. The SMILES string of the molecule is COc1ccc2ncc(Cl)c(CCCC3CCN(CC#Cc4cccs4)CC3C(=O)O)c2c1. The third-order valence-corrected chi connectivity index (χ3v) is 7.44. The summed E-state index contributed by atoms with van der Waals surface area (Å²) < 4.78 is 5.37. The van der Waals surface area contributed by atoms with Gasteiger partial charge in [-0.25, -0.2) is 0 Å². The van der Waals surface area contributed by atoms with Gasteiger partial charge in [0.15, 0.2) is 0 Å². The van der Waals surface area contributed by atoms with Crippen molar-refractivity contribution in [1.29, 1.82) is 0 Å². The van der Waals surface area contributed by atoms with E-state index in [1.165, 1.54) is 0 Å². The molecule has 0 spiro atoms. The van der Waals surface area contributed by atoms with Crippen molar-refractivity contribution < 1.29 is 14.6 Å². The maximum absolute atomic E-state index is 12.0. The molecule has 0 amide bonds. The molecule has 1 aliphatic heterocycles. The van der Waals surface area contributed by atoms with Crippen LogP contribution >= 0.6 is 22.9 Å². The second-order valence-electron chi connectivity index (χ2n) is 8.37. The van der Waals surface area contributed by atoms with E-state index >= 15 is 0 Å². The van der Waals surface area contributed by atoms with E-state index in [0.29, 0.717) is 18.1 Å². The Morgan fingerprint density at radius 3 is 3.03 bits per heavy atom. The summed E-state index contributed by atoms with van der Waals surface area (Å²) in [5, 5.41) is 13.5. The number of carboxylic acids is 1. The van der Waals surface area contributed by atoms with Crippen LogP contribution in [0.2, 0.25) is 5.02 Å². The van der Waals surface area contributed by atoms with E-state index in [-0.39, 0.29) is 11.8 Å². The van der Waals surface area contributed by atoms with Crippen LogP contribution in [-0.4, -0.2) is 47.7 Å². The van der Waals surface area contributed by atoms with Crippen molar-refractivity contribution in [3.05, 3.63) is 57.4 Å². The first kappa shape index (κ1) is 23.6. The van der Waals surface area contributed by atoms with Crippen LogP contribution in [0.25, 0.3) is 10.9 Å². The first-order chi connectivity index (χ1) is 16.0. The number of thiophene rings is 1. The summed E-state index contributed by atoms with van der Waals surface area (Å²) in [6, 6.07) is 9.78. The summed E-state index contributed by atoms with van der Waals surface area (Å²) in [6.45, 7) is 2.04. The molecule has 3 heterocycles. The number of hydrogen-bond donors (Lipinski definition) is 1. The molecule has 1 saturated heterocycles. The van der Waals surface area contributed by atoms with E-state index in [2.05, 4.69) is 21.7 Å². The van der Waals surface area contributed by atoms with Gasteiger partial charge in [-0.05, 0) is 73.4 Å². The number of hydrogen-bond acceptors (Lipinski definition) is 5. The third-order valence-electron chi connectivity index (χ3n) is 6.33. The predicted octanol–water partition coefficient (Wildman–Crippen LogP) is 5.36. The van der Waals surface area contributed by atoms with Gasteiger partial charge in [0.05, 0.1) is 35.0 Å². The van der Waals surface area contributed by atoms with Gasteiger partial charge in [-0.1, -0.05) is 29.5 Å². The molecule has 0 bridgehead atoms. The molecule has 33 heavy (non-hydrogen) atoms. The van der Waals surface area contributed by atoms with Gasteiger partial charge in [0.2, 0.25) is 0 Å². The molecule has 1 aliphatic rings. The lowest BCUT2D eigenvalue weighted by Crippen LogP contribution is -2.44. The van der Waals surface area contributed by atoms with Gasteiger partial charge in [0, 0.05) is 18.1 Å². The Bertz CT molecular complexity index is 1170. The molecule has 0 saturated carbocycles. The Morgan fingerprint density at radius 1 is 1.39 bits per heavy atom. The minimum absolute atomic E-state index is 0.158. The van der Waals surface area contributed by atoms with E-state index in [1.807, 2.05) is 35.7 Å². The molecule has 3 aromatic rings. The molecule has 0 radical (unpaired) electrons. The van der Waals surface area contributed by atoms with Crippen molar-refractivity contribution in [3.8, 4) is 17.6 Å². The van der Waals surface area contributed by atoms with Crippen LogP contribution in [0.3, 0.4) is 0 Å². The van der Waals surface area contributed by atoms with Crippen LogP contribution in [-0.2, 0) is 11.2 Å². The van der Waals surface area contributed by atoms with Gasteiger partial charge in [-0.3, -0.25) is 14.7 Å². The number of aryl methyl sites for hydroxylation is 1. The highest BCUT2D eigenvalue weighted by atomic mass is 35.5. The highest BCUT2D eigenvalue weighted by molar-refractivity contribution is 7.10. The number of nitrogens with zero attached hydrogens (tertiary/aromatic N) is 2. The van der Waals surface area contributed by atoms with Crippen LogP contribution in [0.4, 0.5) is 0 Å². The number of methoxy groups -OCH3 is 1. The quantitative estimate of drug-likeness (QED) is 0.459. The fourth-order valence-electron chi connectivity index (χ4n) is 4.55. The van der Waals surface area contributed by atoms with Gasteiger partial charge in [0.25, 0.3) is 0 Å². The Hall–Kier alpha value is -2.59. The number of carboxylic acid groups (broad SMARTS) is 1. The number of aromatic nitrogens is 1. The maximum atomic E-state index is 12.0. The molecular formula is C26H27ClN2O3S. The lowest BCUT2D eigenvalue weighted by Gasteiger charge is -2.35. The Balaban J connectivity index is 1.37. The number of aliphatic carboxylic acids is 1. The topological polar surface area (TPSA) is 62.7 Å². The lowest BCUT2D eigenvalue weighted by atomic mass is 9.81. The fraction of sp³-hybridized carbons (Fsp3) is 0.385. The second kappa shape index (κ2) is 11.0. The summed E-state index contributed by atoms with van der Waals surface area (Å²) in [5.74, 6) is 6.20. The fourth-order valence-corrected chi connectivity index (χ4v) is 5.39. The van der Waals surface area contributed by atoms with E-state index in [4.69, 9.17) is 16.3 Å². The monoisotopic (exact) mass is 482 g/mol. The van der Waals surface area contributed by atoms with Crippen LogP contribution in [0.15, 0.2) is 41.9 Å². The average Bonchev–Trinajstić information content (AvgIpc) is 3.34. The van der Waals surface area contributed by atoms with Gasteiger partial charge < -0.3 is 9.84 Å². The van der Waals surface area contributed by atoms with E-state index < -0.39 is 5.97 Å². The number of fused-ring (bicyclic) bond motifs is 1. The molecule has 7 heteroatoms. The Kier molecular flexibility index (Phi) is 7.87. The molecule has 1 fully saturated rings. The number of ether oxygens (including phenoxy) is 1. The minimum atomic E-state index is -0.715. The average molecular weight is 483 g/mol. The number of halogens is 1. The number of likely N-dealkylation sites (tertiary alicyclic amines) is 1. The molecule has 172 valence electrons. The Morgan fingerprint density at radius 2 is 2.27 bits per heavy atom. The number of carbonyl (C=O) groups is 1. The highest BCUT2D eigenvalue weighted by Crippen LogP contribution is 2.32. The van der Waals surface area contributed by atoms with Crippen LogP contribution in [0, 0.1) is 23.7 Å². The van der Waals surface area contributed by atoms with Crippen molar-refractivity contribution >= 4 is 39.8 Å². The number of piperidine rings is 1. The van der Waals surface area contributed by atoms with Gasteiger partial charge in [-0.2, -0.15) is 0 Å². The maximum Gasteiger partial charge on any atom is 0.308 e. The molecule has 2 atom stereocenters. The van der Waals surface area contributed by atoms with Crippen molar-refractivity contribution in [2.75, 3.05) is 26.7 Å². The first-order valence-corrected chi connectivity index (χ1v) is 12.4. The molecule has 2 unspecified atom stereocenters. The summed E-state index contributed by atoms with van der Waals surface area (Å²) in [4.78, 5) is 19.6. The number of pyridine rings is 1. The van der Waals surface area contributed by atoms with Gasteiger partial charge >= 0.3 is 5.97 Å². The summed E-state index contributed by atoms with van der Waals surface area (Å²) in [5.41, 5.74) is 1.93. The standard InChI is InChI=1S/C26H27ClN2O3S/c1-32-19-9-10-25-22(15-19)21(24(27)16-28-25)8-2-5-18-11-13-29(17-23(18)26(30)31)12-3-6-20-7-4-14-33-20/h4,7,9-10,14-16,18,23H,2,5,8,11-13,17H2,1H3,(H,30,31). The van der Waals surface area contributed by atoms with Crippen molar-refractivity contribution in [2.24, 2.45) is 11.8 Å². The van der Waals surface area contributed by atoms with E-state index in [9.17, 15) is 9.90 Å². The smallest absolute Gasteiger partial charge is 0.308 e. The second-order valence-corrected chi connectivity index (χ2v) is 9.72. The molecule has 1 aromatic carbocycles. The number of rotatable bonds is 7. The van der Waals surface area contributed by atoms with Gasteiger partial charge in [-0.15, -0.1) is 11.3 Å². The minimum Gasteiger partial charge on any atom is -0.497 e. The zero-order valence-electron chi connectivity index (χ0n) is 18.6. The molecule has 0 aliphatic carbocycles. The van der Waals surface area contributed by atoms with Crippen LogP contribution < -0.4 is 4.74 Å². The molecular weight excluding hydrogens is 456 g/mol. The van der Waals surface area contributed by atoms with Crippen molar-refractivity contribution in [3.63, 3.8) is 0 Å². The Labute approximate surface area is 203 Å². The zero-order valence-corrected chi connectivity index (χ0v) is 20.2. The van der Waals surface area contributed by atoms with E-state index in [1.54, 1.807) is 24.6 Å². The lowest BCUT2D eigenvalue weighted by molar-refractivity contribution is -0.146. The van der Waals surface area contributed by atoms with Crippen LogP contribution in [0.5, 0.6) is 5.75 Å². The predicted molar refractivity (Wildman–Crippen MR) is 133 cm³/mol.